The maximum absolute atomic E-state index is 6.53. The molecule has 2 unspecified atom stereocenters. The van der Waals surface area contributed by atoms with Crippen molar-refractivity contribution in [1.29, 1.82) is 0 Å². The molecule has 0 aromatic carbocycles. The summed E-state index contributed by atoms with van der Waals surface area (Å²) in [5.74, 6) is 0. The molecule has 102 valence electrons. The summed E-state index contributed by atoms with van der Waals surface area (Å²) in [5, 5.41) is 0. The Morgan fingerprint density at radius 3 is 2.61 bits per heavy atom. The Kier molecular flexibility index (Phi) is 4.86. The number of likely N-dealkylation sites (tertiary alicyclic amines) is 1. The van der Waals surface area contributed by atoms with Gasteiger partial charge in [0.25, 0.3) is 0 Å². The molecular weight excluding hydrogens is 308 g/mol. The zero-order valence-electron chi connectivity index (χ0n) is 11.3. The van der Waals surface area contributed by atoms with E-state index in [2.05, 4.69) is 46.8 Å². The fraction of sp³-hybridized carbons (Fsp3) is 0.714. The van der Waals surface area contributed by atoms with Gasteiger partial charge in [0.05, 0.1) is 3.79 Å². The maximum atomic E-state index is 6.53. The highest BCUT2D eigenvalue weighted by Gasteiger charge is 2.37. The Labute approximate surface area is 123 Å². The van der Waals surface area contributed by atoms with Gasteiger partial charge in [0.2, 0.25) is 0 Å². The Morgan fingerprint density at radius 2 is 2.11 bits per heavy atom. The van der Waals surface area contributed by atoms with Crippen molar-refractivity contribution in [2.24, 2.45) is 5.73 Å². The Balaban J connectivity index is 2.06. The molecule has 2 rings (SSSR count). The third-order valence-electron chi connectivity index (χ3n) is 4.39. The molecule has 2 N–H and O–H groups in total. The minimum Gasteiger partial charge on any atom is -0.326 e. The first-order valence-corrected chi connectivity index (χ1v) is 8.42. The SMILES string of the molecule is CCC(C)(C(N)Cc1ccc(Br)s1)N1CCCC1. The lowest BCUT2D eigenvalue weighted by Gasteiger charge is -2.43. The van der Waals surface area contributed by atoms with Crippen molar-refractivity contribution >= 4 is 27.3 Å². The lowest BCUT2D eigenvalue weighted by Crippen LogP contribution is -2.57. The quantitative estimate of drug-likeness (QED) is 0.892. The van der Waals surface area contributed by atoms with Crippen LogP contribution in [-0.2, 0) is 6.42 Å². The second-order valence-corrected chi connectivity index (χ2v) is 7.97. The van der Waals surface area contributed by atoms with Crippen molar-refractivity contribution < 1.29 is 0 Å². The molecule has 0 amide bonds. The van der Waals surface area contributed by atoms with Gasteiger partial charge in [-0.05, 0) is 73.8 Å². The molecule has 0 bridgehead atoms. The van der Waals surface area contributed by atoms with Gasteiger partial charge in [0.1, 0.15) is 0 Å². The average molecular weight is 331 g/mol. The number of nitrogens with two attached hydrogens (primary N) is 1. The molecule has 1 aliphatic rings. The number of nitrogens with zero attached hydrogens (tertiary/aromatic N) is 1. The van der Waals surface area contributed by atoms with Crippen LogP contribution < -0.4 is 5.73 Å². The van der Waals surface area contributed by atoms with Crippen molar-refractivity contribution in [3.63, 3.8) is 0 Å². The minimum atomic E-state index is 0.146. The zero-order chi connectivity index (χ0) is 13.2. The summed E-state index contributed by atoms with van der Waals surface area (Å²) in [6.07, 6.45) is 4.76. The van der Waals surface area contributed by atoms with Crippen molar-refractivity contribution in [1.82, 2.24) is 4.90 Å². The molecule has 0 saturated carbocycles. The molecule has 2 heterocycles. The maximum Gasteiger partial charge on any atom is 0.0701 e. The van der Waals surface area contributed by atoms with Crippen LogP contribution in [0, 0.1) is 0 Å². The van der Waals surface area contributed by atoms with E-state index in [0.717, 1.165) is 12.8 Å². The van der Waals surface area contributed by atoms with Crippen molar-refractivity contribution in [3.05, 3.63) is 20.8 Å². The van der Waals surface area contributed by atoms with Crippen LogP contribution in [0.1, 0.15) is 38.0 Å². The van der Waals surface area contributed by atoms with E-state index >= 15 is 0 Å². The average Bonchev–Trinajstić information content (AvgIpc) is 2.99. The van der Waals surface area contributed by atoms with E-state index in [4.69, 9.17) is 5.73 Å². The number of hydrogen-bond donors (Lipinski definition) is 1. The summed E-state index contributed by atoms with van der Waals surface area (Å²) < 4.78 is 1.20. The third kappa shape index (κ3) is 2.98. The molecule has 4 heteroatoms. The van der Waals surface area contributed by atoms with E-state index in [1.54, 1.807) is 11.3 Å². The van der Waals surface area contributed by atoms with Gasteiger partial charge in [-0.15, -0.1) is 11.3 Å². The van der Waals surface area contributed by atoms with Crippen LogP contribution in [0.25, 0.3) is 0 Å². The standard InChI is InChI=1S/C14H23BrN2S/c1-3-14(2,17-8-4-5-9-17)12(16)10-11-6-7-13(15)18-11/h6-7,12H,3-5,8-10,16H2,1-2H3. The minimum absolute atomic E-state index is 0.146. The number of thiophene rings is 1. The largest absolute Gasteiger partial charge is 0.326 e. The van der Waals surface area contributed by atoms with Gasteiger partial charge in [-0.1, -0.05) is 6.92 Å². The van der Waals surface area contributed by atoms with Crippen LogP contribution in [0.3, 0.4) is 0 Å². The second-order valence-electron chi connectivity index (χ2n) is 5.42. The monoisotopic (exact) mass is 330 g/mol. The van der Waals surface area contributed by atoms with Gasteiger partial charge in [0.15, 0.2) is 0 Å². The van der Waals surface area contributed by atoms with Crippen molar-refractivity contribution in [2.45, 2.75) is 51.1 Å². The highest BCUT2D eigenvalue weighted by Crippen LogP contribution is 2.30. The van der Waals surface area contributed by atoms with Gasteiger partial charge >= 0.3 is 0 Å². The lowest BCUT2D eigenvalue weighted by atomic mass is 9.86. The summed E-state index contributed by atoms with van der Waals surface area (Å²) >= 11 is 5.33. The van der Waals surface area contributed by atoms with E-state index in [1.807, 2.05) is 0 Å². The van der Waals surface area contributed by atoms with E-state index in [1.165, 1.54) is 34.6 Å². The van der Waals surface area contributed by atoms with Gasteiger partial charge in [-0.25, -0.2) is 0 Å². The molecule has 0 aliphatic carbocycles. The molecule has 1 fully saturated rings. The molecule has 2 nitrogen and oxygen atoms in total. The van der Waals surface area contributed by atoms with Crippen LogP contribution in [0.4, 0.5) is 0 Å². The topological polar surface area (TPSA) is 29.3 Å². The van der Waals surface area contributed by atoms with Crippen LogP contribution >= 0.6 is 27.3 Å². The molecule has 0 radical (unpaired) electrons. The van der Waals surface area contributed by atoms with Gasteiger partial charge < -0.3 is 5.73 Å². The zero-order valence-corrected chi connectivity index (χ0v) is 13.7. The summed E-state index contributed by atoms with van der Waals surface area (Å²) in [7, 11) is 0. The number of halogens is 1. The van der Waals surface area contributed by atoms with Crippen LogP contribution in [-0.4, -0.2) is 29.6 Å². The van der Waals surface area contributed by atoms with Gasteiger partial charge in [-0.3, -0.25) is 4.90 Å². The lowest BCUT2D eigenvalue weighted by molar-refractivity contribution is 0.100. The van der Waals surface area contributed by atoms with Crippen molar-refractivity contribution in [3.8, 4) is 0 Å². The fourth-order valence-corrected chi connectivity index (χ4v) is 4.39. The van der Waals surface area contributed by atoms with E-state index in [0.29, 0.717) is 0 Å². The first kappa shape index (κ1) is 14.5. The smallest absolute Gasteiger partial charge is 0.0701 e. The van der Waals surface area contributed by atoms with Gasteiger partial charge in [-0.2, -0.15) is 0 Å². The first-order valence-electron chi connectivity index (χ1n) is 6.81. The Bertz CT molecular complexity index is 387. The molecule has 2 atom stereocenters. The van der Waals surface area contributed by atoms with E-state index < -0.39 is 0 Å². The van der Waals surface area contributed by atoms with Crippen LogP contribution in [0.15, 0.2) is 15.9 Å². The first-order chi connectivity index (χ1) is 8.56. The van der Waals surface area contributed by atoms with Crippen LogP contribution in [0.2, 0.25) is 0 Å². The number of rotatable bonds is 5. The second kappa shape index (κ2) is 6.04. The molecule has 1 saturated heterocycles. The highest BCUT2D eigenvalue weighted by atomic mass is 79.9. The van der Waals surface area contributed by atoms with Gasteiger partial charge in [0, 0.05) is 16.5 Å². The third-order valence-corrected chi connectivity index (χ3v) is 6.04. The normalized spacial score (nSPS) is 22.0. The highest BCUT2D eigenvalue weighted by molar-refractivity contribution is 9.11. The molecule has 0 spiro atoms. The van der Waals surface area contributed by atoms with Crippen LogP contribution in [0.5, 0.6) is 0 Å². The van der Waals surface area contributed by atoms with E-state index in [-0.39, 0.29) is 11.6 Å². The molecule has 1 aromatic heterocycles. The van der Waals surface area contributed by atoms with Crippen molar-refractivity contribution in [2.75, 3.05) is 13.1 Å². The van der Waals surface area contributed by atoms with E-state index in [9.17, 15) is 0 Å². The molecule has 18 heavy (non-hydrogen) atoms. The fourth-order valence-electron chi connectivity index (χ4n) is 2.85. The molecule has 1 aliphatic heterocycles. The molecule has 1 aromatic rings. The summed E-state index contributed by atoms with van der Waals surface area (Å²) in [6, 6.07) is 4.52. The summed E-state index contributed by atoms with van der Waals surface area (Å²) in [5.41, 5.74) is 6.68. The Hall–Kier alpha value is 0.1000. The number of hydrogen-bond acceptors (Lipinski definition) is 3. The Morgan fingerprint density at radius 1 is 1.44 bits per heavy atom. The summed E-state index contributed by atoms with van der Waals surface area (Å²) in [6.45, 7) is 7.03. The summed E-state index contributed by atoms with van der Waals surface area (Å²) in [4.78, 5) is 3.98. The predicted octanol–water partition coefficient (Wildman–Crippen LogP) is 3.64. The predicted molar refractivity (Wildman–Crippen MR) is 83.2 cm³/mol. The molecular formula is C14H23BrN2S.